The Kier molecular flexibility index (Phi) is 4.36. The summed E-state index contributed by atoms with van der Waals surface area (Å²) in [7, 11) is -0.328. The van der Waals surface area contributed by atoms with Crippen molar-refractivity contribution in [3.8, 4) is 0 Å². The Balaban J connectivity index is 1.33. The summed E-state index contributed by atoms with van der Waals surface area (Å²) in [6, 6.07) is 7.58. The molecule has 0 saturated carbocycles. The minimum Gasteiger partial charge on any atom is -0.399 e. The number of piperidine rings is 1. The highest BCUT2D eigenvalue weighted by Crippen LogP contribution is 2.36. The number of hydrogen-bond acceptors (Lipinski definition) is 5. The monoisotopic (exact) mass is 383 g/mol. The SMILES string of the molecule is CC1(C)OB(c2ccc3c(cnn3C3CCN(C4COC4)CC3)c2)OC1(C)C. The molecule has 5 rings (SSSR count). The molecule has 0 spiro atoms. The molecule has 1 aromatic carbocycles. The van der Waals surface area contributed by atoms with E-state index >= 15 is 0 Å². The third kappa shape index (κ3) is 3.00. The first-order chi connectivity index (χ1) is 13.3. The molecule has 3 aliphatic heterocycles. The maximum Gasteiger partial charge on any atom is 0.494 e. The highest BCUT2D eigenvalue weighted by atomic mass is 16.7. The summed E-state index contributed by atoms with van der Waals surface area (Å²) in [4.78, 5) is 2.57. The summed E-state index contributed by atoms with van der Waals surface area (Å²) < 4.78 is 20.0. The van der Waals surface area contributed by atoms with Crippen LogP contribution in [0, 0.1) is 0 Å². The van der Waals surface area contributed by atoms with Crippen molar-refractivity contribution in [1.29, 1.82) is 0 Å². The van der Waals surface area contributed by atoms with Crippen LogP contribution < -0.4 is 5.46 Å². The largest absolute Gasteiger partial charge is 0.494 e. The van der Waals surface area contributed by atoms with Gasteiger partial charge in [-0.1, -0.05) is 12.1 Å². The molecule has 6 nitrogen and oxygen atoms in total. The van der Waals surface area contributed by atoms with Gasteiger partial charge in [-0.3, -0.25) is 9.58 Å². The van der Waals surface area contributed by atoms with E-state index in [2.05, 4.69) is 55.5 Å². The lowest BCUT2D eigenvalue weighted by atomic mass is 9.78. The second kappa shape index (κ2) is 6.56. The van der Waals surface area contributed by atoms with Crippen LogP contribution in [0.4, 0.5) is 0 Å². The zero-order valence-corrected chi connectivity index (χ0v) is 17.4. The van der Waals surface area contributed by atoms with Crippen LogP contribution in [0.1, 0.15) is 46.6 Å². The van der Waals surface area contributed by atoms with Gasteiger partial charge in [0.05, 0.1) is 48.2 Å². The fourth-order valence-corrected chi connectivity index (χ4v) is 4.42. The number of likely N-dealkylation sites (tertiary alicyclic amines) is 1. The van der Waals surface area contributed by atoms with Gasteiger partial charge in [0.2, 0.25) is 0 Å². The topological polar surface area (TPSA) is 48.8 Å². The standard InChI is InChI=1S/C21H30BN3O3/c1-20(2)21(3,4)28-22(27-20)16-5-6-19-15(11-16)12-23-25(19)17-7-9-24(10-8-17)18-13-26-14-18/h5-6,11-12,17-18H,7-10,13-14H2,1-4H3. The summed E-state index contributed by atoms with van der Waals surface area (Å²) in [5.41, 5.74) is 1.61. The minimum absolute atomic E-state index is 0.323. The smallest absolute Gasteiger partial charge is 0.399 e. The summed E-state index contributed by atoms with van der Waals surface area (Å²) in [5, 5.41) is 5.89. The Hall–Kier alpha value is -1.41. The fourth-order valence-electron chi connectivity index (χ4n) is 4.42. The van der Waals surface area contributed by atoms with Gasteiger partial charge in [-0.25, -0.2) is 0 Å². The second-order valence-electron chi connectivity index (χ2n) is 9.45. The normalized spacial score (nSPS) is 26.1. The van der Waals surface area contributed by atoms with Crippen LogP contribution in [-0.4, -0.2) is 65.3 Å². The van der Waals surface area contributed by atoms with Crippen LogP contribution in [0.15, 0.2) is 24.4 Å². The van der Waals surface area contributed by atoms with E-state index in [1.54, 1.807) is 0 Å². The molecule has 0 radical (unpaired) electrons. The number of ether oxygens (including phenoxy) is 1. The first-order valence-corrected chi connectivity index (χ1v) is 10.5. The molecule has 3 fully saturated rings. The first kappa shape index (κ1) is 18.6. The molecule has 28 heavy (non-hydrogen) atoms. The highest BCUT2D eigenvalue weighted by Gasteiger charge is 2.51. The van der Waals surface area contributed by atoms with Crippen molar-refractivity contribution in [3.63, 3.8) is 0 Å². The predicted octanol–water partition coefficient (Wildman–Crippen LogP) is 2.37. The highest BCUT2D eigenvalue weighted by molar-refractivity contribution is 6.62. The van der Waals surface area contributed by atoms with E-state index in [9.17, 15) is 0 Å². The molecule has 150 valence electrons. The van der Waals surface area contributed by atoms with Gasteiger partial charge in [-0.05, 0) is 52.1 Å². The Bertz CT molecular complexity index is 853. The van der Waals surface area contributed by atoms with Gasteiger partial charge in [-0.2, -0.15) is 5.10 Å². The fraction of sp³-hybridized carbons (Fsp3) is 0.667. The number of benzene rings is 1. The van der Waals surface area contributed by atoms with Gasteiger partial charge in [-0.15, -0.1) is 0 Å². The Labute approximate surface area is 167 Å². The van der Waals surface area contributed by atoms with Crippen molar-refractivity contribution >= 4 is 23.5 Å². The van der Waals surface area contributed by atoms with E-state index in [0.29, 0.717) is 12.1 Å². The minimum atomic E-state index is -0.328. The van der Waals surface area contributed by atoms with Gasteiger partial charge in [0.25, 0.3) is 0 Å². The lowest BCUT2D eigenvalue weighted by molar-refractivity contribution is -0.0733. The van der Waals surface area contributed by atoms with Gasteiger partial charge in [0.15, 0.2) is 0 Å². The van der Waals surface area contributed by atoms with E-state index in [1.807, 2.05) is 6.20 Å². The van der Waals surface area contributed by atoms with E-state index in [4.69, 9.17) is 19.1 Å². The Morgan fingerprint density at radius 3 is 2.29 bits per heavy atom. The van der Waals surface area contributed by atoms with E-state index in [0.717, 1.165) is 50.0 Å². The van der Waals surface area contributed by atoms with Crippen molar-refractivity contribution in [2.75, 3.05) is 26.3 Å². The summed E-state index contributed by atoms with van der Waals surface area (Å²) in [5.74, 6) is 0. The summed E-state index contributed by atoms with van der Waals surface area (Å²) >= 11 is 0. The van der Waals surface area contributed by atoms with E-state index in [-0.39, 0.29) is 18.3 Å². The molecule has 0 amide bonds. The molecule has 3 aliphatic rings. The van der Waals surface area contributed by atoms with Crippen molar-refractivity contribution in [2.45, 2.75) is 63.8 Å². The molecule has 3 saturated heterocycles. The lowest BCUT2D eigenvalue weighted by Gasteiger charge is -2.41. The number of nitrogens with zero attached hydrogens (tertiary/aromatic N) is 3. The average molecular weight is 383 g/mol. The average Bonchev–Trinajstić information content (AvgIpc) is 3.11. The molecule has 0 bridgehead atoms. The lowest BCUT2D eigenvalue weighted by Crippen LogP contribution is -2.51. The van der Waals surface area contributed by atoms with Crippen LogP contribution in [0.25, 0.3) is 10.9 Å². The summed E-state index contributed by atoms with van der Waals surface area (Å²) in [6.07, 6.45) is 4.27. The van der Waals surface area contributed by atoms with Crippen molar-refractivity contribution in [2.24, 2.45) is 0 Å². The van der Waals surface area contributed by atoms with E-state index in [1.165, 1.54) is 5.52 Å². The molecule has 0 atom stereocenters. The Morgan fingerprint density at radius 1 is 1.00 bits per heavy atom. The quantitative estimate of drug-likeness (QED) is 0.762. The van der Waals surface area contributed by atoms with E-state index < -0.39 is 0 Å². The molecular weight excluding hydrogens is 353 g/mol. The summed E-state index contributed by atoms with van der Waals surface area (Å²) in [6.45, 7) is 12.4. The molecule has 0 aliphatic carbocycles. The predicted molar refractivity (Wildman–Crippen MR) is 110 cm³/mol. The van der Waals surface area contributed by atoms with Crippen LogP contribution in [-0.2, 0) is 14.0 Å². The molecule has 1 aromatic heterocycles. The van der Waals surface area contributed by atoms with Crippen LogP contribution >= 0.6 is 0 Å². The first-order valence-electron chi connectivity index (χ1n) is 10.5. The van der Waals surface area contributed by atoms with Gasteiger partial charge >= 0.3 is 7.12 Å². The van der Waals surface area contributed by atoms with Crippen LogP contribution in [0.3, 0.4) is 0 Å². The number of rotatable bonds is 3. The number of hydrogen-bond donors (Lipinski definition) is 0. The van der Waals surface area contributed by atoms with Crippen molar-refractivity contribution < 1.29 is 14.0 Å². The molecule has 7 heteroatoms. The molecule has 0 N–H and O–H groups in total. The number of fused-ring (bicyclic) bond motifs is 1. The number of aromatic nitrogens is 2. The maximum atomic E-state index is 6.21. The molecule has 0 unspecified atom stereocenters. The van der Waals surface area contributed by atoms with Gasteiger partial charge in [0.1, 0.15) is 0 Å². The molecular formula is C21H30BN3O3. The van der Waals surface area contributed by atoms with Crippen LogP contribution in [0.5, 0.6) is 0 Å². The third-order valence-electron chi connectivity index (χ3n) is 7.13. The van der Waals surface area contributed by atoms with Gasteiger partial charge in [0, 0.05) is 18.5 Å². The zero-order valence-electron chi connectivity index (χ0n) is 17.4. The van der Waals surface area contributed by atoms with Crippen molar-refractivity contribution in [1.82, 2.24) is 14.7 Å². The van der Waals surface area contributed by atoms with Crippen LogP contribution in [0.2, 0.25) is 0 Å². The second-order valence-corrected chi connectivity index (χ2v) is 9.45. The Morgan fingerprint density at radius 2 is 1.68 bits per heavy atom. The van der Waals surface area contributed by atoms with Gasteiger partial charge < -0.3 is 14.0 Å². The zero-order chi connectivity index (χ0) is 19.5. The molecule has 4 heterocycles. The van der Waals surface area contributed by atoms with Crippen molar-refractivity contribution in [3.05, 3.63) is 24.4 Å². The molecule has 2 aromatic rings. The third-order valence-corrected chi connectivity index (χ3v) is 7.13. The maximum absolute atomic E-state index is 6.21.